The Morgan fingerprint density at radius 1 is 1.45 bits per heavy atom. The van der Waals surface area contributed by atoms with Gasteiger partial charge in [-0.25, -0.2) is 0 Å². The van der Waals surface area contributed by atoms with Gasteiger partial charge in [0.2, 0.25) is 0 Å². The second kappa shape index (κ2) is 2.53. The normalized spacial score (nSPS) is 36.7. The van der Waals surface area contributed by atoms with E-state index in [1.54, 1.807) is 0 Å². The van der Waals surface area contributed by atoms with Crippen molar-refractivity contribution in [1.82, 2.24) is 10.6 Å². The lowest BCUT2D eigenvalue weighted by Crippen LogP contribution is -2.61. The molecule has 2 aliphatic rings. The highest BCUT2D eigenvalue weighted by atomic mass is 32.1. The summed E-state index contributed by atoms with van der Waals surface area (Å²) in [5.41, 5.74) is 0. The van der Waals surface area contributed by atoms with Crippen molar-refractivity contribution in [1.29, 1.82) is 0 Å². The standard InChI is InChI=1S/C7H10N2OS/c10-5-1-4-3-8-7(11)6(2-5)9-4/h4,6,9H,1-3H2,(H,8,11). The number of Topliss-reactive ketones (excluding diaryl/α,β-unsaturated/α-hetero) is 1. The maximum Gasteiger partial charge on any atom is 0.136 e. The molecule has 11 heavy (non-hydrogen) atoms. The van der Waals surface area contributed by atoms with E-state index in [1.807, 2.05) is 0 Å². The van der Waals surface area contributed by atoms with Gasteiger partial charge in [-0.2, -0.15) is 0 Å². The van der Waals surface area contributed by atoms with Crippen LogP contribution in [0.1, 0.15) is 12.8 Å². The molecule has 2 bridgehead atoms. The van der Waals surface area contributed by atoms with Crippen molar-refractivity contribution in [3.8, 4) is 0 Å². The van der Waals surface area contributed by atoms with Gasteiger partial charge in [0.25, 0.3) is 0 Å². The molecule has 0 aromatic carbocycles. The largest absolute Gasteiger partial charge is 0.377 e. The molecule has 0 saturated carbocycles. The average molecular weight is 170 g/mol. The number of rotatable bonds is 0. The molecule has 0 aromatic rings. The zero-order valence-electron chi connectivity index (χ0n) is 6.09. The number of hydrogen-bond acceptors (Lipinski definition) is 3. The third-order valence-corrected chi connectivity index (χ3v) is 2.61. The summed E-state index contributed by atoms with van der Waals surface area (Å²) in [5, 5.41) is 6.43. The van der Waals surface area contributed by atoms with Gasteiger partial charge in [0.15, 0.2) is 0 Å². The number of piperidine rings is 1. The topological polar surface area (TPSA) is 41.1 Å². The molecule has 4 heteroatoms. The number of thiocarbonyl (C=S) groups is 1. The lowest BCUT2D eigenvalue weighted by atomic mass is 9.94. The van der Waals surface area contributed by atoms with Crippen LogP contribution in [0, 0.1) is 0 Å². The van der Waals surface area contributed by atoms with Crippen LogP contribution in [0.3, 0.4) is 0 Å². The second-order valence-corrected chi connectivity index (χ2v) is 3.55. The van der Waals surface area contributed by atoms with Crippen molar-refractivity contribution in [2.75, 3.05) is 6.54 Å². The minimum atomic E-state index is 0.116. The van der Waals surface area contributed by atoms with Crippen molar-refractivity contribution in [2.45, 2.75) is 24.9 Å². The van der Waals surface area contributed by atoms with E-state index < -0.39 is 0 Å². The minimum absolute atomic E-state index is 0.116. The maximum atomic E-state index is 11.1. The highest BCUT2D eigenvalue weighted by molar-refractivity contribution is 7.80. The summed E-state index contributed by atoms with van der Waals surface area (Å²) in [6.07, 6.45) is 1.23. The van der Waals surface area contributed by atoms with Crippen molar-refractivity contribution < 1.29 is 4.79 Å². The van der Waals surface area contributed by atoms with Gasteiger partial charge >= 0.3 is 0 Å². The number of ketones is 1. The first kappa shape index (κ1) is 7.18. The minimum Gasteiger partial charge on any atom is -0.377 e. The third kappa shape index (κ3) is 1.28. The molecule has 0 amide bonds. The molecule has 2 unspecified atom stereocenters. The van der Waals surface area contributed by atoms with Crippen LogP contribution in [-0.4, -0.2) is 29.4 Å². The number of carbonyl (C=O) groups is 1. The lowest BCUT2D eigenvalue weighted by molar-refractivity contribution is -0.121. The lowest BCUT2D eigenvalue weighted by Gasteiger charge is -2.36. The summed E-state index contributed by atoms with van der Waals surface area (Å²) in [4.78, 5) is 11.9. The Labute approximate surface area is 70.5 Å². The number of nitrogens with one attached hydrogen (secondary N) is 2. The van der Waals surface area contributed by atoms with E-state index in [0.717, 1.165) is 11.5 Å². The van der Waals surface area contributed by atoms with E-state index in [0.29, 0.717) is 24.7 Å². The maximum absolute atomic E-state index is 11.1. The second-order valence-electron chi connectivity index (χ2n) is 3.11. The highest BCUT2D eigenvalue weighted by Crippen LogP contribution is 2.13. The van der Waals surface area contributed by atoms with Crippen LogP contribution in [0.2, 0.25) is 0 Å². The summed E-state index contributed by atoms with van der Waals surface area (Å²) in [7, 11) is 0. The molecule has 0 spiro atoms. The van der Waals surface area contributed by atoms with Gasteiger partial charge in [-0.15, -0.1) is 0 Å². The fourth-order valence-electron chi connectivity index (χ4n) is 1.63. The Morgan fingerprint density at radius 2 is 2.27 bits per heavy atom. The van der Waals surface area contributed by atoms with E-state index >= 15 is 0 Å². The van der Waals surface area contributed by atoms with Crippen LogP contribution in [0.15, 0.2) is 0 Å². The van der Waals surface area contributed by atoms with E-state index in [2.05, 4.69) is 10.6 Å². The van der Waals surface area contributed by atoms with E-state index in [4.69, 9.17) is 12.2 Å². The van der Waals surface area contributed by atoms with Crippen LogP contribution in [0.4, 0.5) is 0 Å². The fourth-order valence-corrected chi connectivity index (χ4v) is 1.87. The van der Waals surface area contributed by atoms with Gasteiger partial charge in [-0.1, -0.05) is 12.2 Å². The van der Waals surface area contributed by atoms with Gasteiger partial charge < -0.3 is 10.6 Å². The molecular formula is C7H10N2OS. The summed E-state index contributed by atoms with van der Waals surface area (Å²) >= 11 is 5.04. The number of carbonyl (C=O) groups excluding carboxylic acids is 1. The summed E-state index contributed by atoms with van der Waals surface area (Å²) in [6, 6.07) is 0.429. The Morgan fingerprint density at radius 3 is 3.09 bits per heavy atom. The van der Waals surface area contributed by atoms with Crippen molar-refractivity contribution >= 4 is 23.0 Å². The van der Waals surface area contributed by atoms with Crippen molar-refractivity contribution in [3.63, 3.8) is 0 Å². The van der Waals surface area contributed by atoms with Gasteiger partial charge in [0.05, 0.1) is 11.0 Å². The van der Waals surface area contributed by atoms with Crippen LogP contribution in [0.5, 0.6) is 0 Å². The Balaban J connectivity index is 2.14. The molecular weight excluding hydrogens is 160 g/mol. The monoisotopic (exact) mass is 170 g/mol. The predicted molar refractivity (Wildman–Crippen MR) is 45.6 cm³/mol. The zero-order chi connectivity index (χ0) is 7.84. The Hall–Kier alpha value is -0.480. The Kier molecular flexibility index (Phi) is 1.65. The van der Waals surface area contributed by atoms with Gasteiger partial charge in [-0.05, 0) is 0 Å². The molecule has 60 valence electrons. The molecule has 2 atom stereocenters. The first-order valence-electron chi connectivity index (χ1n) is 3.81. The first-order valence-corrected chi connectivity index (χ1v) is 4.22. The molecule has 2 heterocycles. The van der Waals surface area contributed by atoms with Crippen molar-refractivity contribution in [3.05, 3.63) is 0 Å². The highest BCUT2D eigenvalue weighted by Gasteiger charge is 2.32. The van der Waals surface area contributed by atoms with Crippen LogP contribution in [0.25, 0.3) is 0 Å². The van der Waals surface area contributed by atoms with Crippen molar-refractivity contribution in [2.24, 2.45) is 0 Å². The third-order valence-electron chi connectivity index (χ3n) is 2.18. The van der Waals surface area contributed by atoms with Gasteiger partial charge in [0, 0.05) is 25.4 Å². The van der Waals surface area contributed by atoms with Gasteiger partial charge in [-0.3, -0.25) is 4.79 Å². The smallest absolute Gasteiger partial charge is 0.136 e. The average Bonchev–Trinajstić information content (AvgIpc) is 1.97. The van der Waals surface area contributed by atoms with Gasteiger partial charge in [0.1, 0.15) is 5.78 Å². The number of piperazine rings is 1. The molecule has 2 aliphatic heterocycles. The molecule has 0 radical (unpaired) electrons. The molecule has 2 rings (SSSR count). The first-order chi connectivity index (χ1) is 5.25. The zero-order valence-corrected chi connectivity index (χ0v) is 6.91. The SMILES string of the molecule is O=C1CC2CNC(=S)C(C1)N2. The quantitative estimate of drug-likeness (QED) is 0.486. The van der Waals surface area contributed by atoms with E-state index in [1.165, 1.54) is 0 Å². The molecule has 0 aliphatic carbocycles. The van der Waals surface area contributed by atoms with Crippen LogP contribution < -0.4 is 10.6 Å². The van der Waals surface area contributed by atoms with E-state index in [-0.39, 0.29) is 6.04 Å². The molecule has 2 fully saturated rings. The van der Waals surface area contributed by atoms with E-state index in [9.17, 15) is 4.79 Å². The molecule has 0 aromatic heterocycles. The molecule has 2 saturated heterocycles. The molecule has 3 nitrogen and oxygen atoms in total. The summed E-state index contributed by atoms with van der Waals surface area (Å²) in [6.45, 7) is 0.807. The number of fused-ring (bicyclic) bond motifs is 2. The number of hydrogen-bond donors (Lipinski definition) is 2. The van der Waals surface area contributed by atoms with Crippen LogP contribution >= 0.6 is 12.2 Å². The predicted octanol–water partition coefficient (Wildman–Crippen LogP) is -0.393. The molecule has 2 N–H and O–H groups in total. The van der Waals surface area contributed by atoms with Crippen LogP contribution in [-0.2, 0) is 4.79 Å². The summed E-state index contributed by atoms with van der Waals surface area (Å²) < 4.78 is 0. The fraction of sp³-hybridized carbons (Fsp3) is 0.714. The summed E-state index contributed by atoms with van der Waals surface area (Å²) in [5.74, 6) is 0.336. The Bertz CT molecular complexity index is 216.